The second-order valence-corrected chi connectivity index (χ2v) is 8.47. The Hall–Kier alpha value is -2.81. The second kappa shape index (κ2) is 7.55. The molecule has 2 aliphatic carbocycles. The van der Waals surface area contributed by atoms with Crippen molar-refractivity contribution in [2.75, 3.05) is 0 Å². The van der Waals surface area contributed by atoms with Crippen LogP contribution in [0.5, 0.6) is 5.75 Å². The van der Waals surface area contributed by atoms with Gasteiger partial charge in [0.05, 0.1) is 12.5 Å². The fraction of sp³-hybridized carbons (Fsp3) is 0.346. The Morgan fingerprint density at radius 1 is 0.966 bits per heavy atom. The summed E-state index contributed by atoms with van der Waals surface area (Å²) in [4.78, 5) is 11.3. The van der Waals surface area contributed by atoms with E-state index in [1.165, 1.54) is 34.7 Å². The van der Waals surface area contributed by atoms with Crippen molar-refractivity contribution in [2.24, 2.45) is 0 Å². The molecule has 0 aromatic heterocycles. The molecule has 0 saturated heterocycles. The van der Waals surface area contributed by atoms with Crippen molar-refractivity contribution in [1.82, 2.24) is 0 Å². The van der Waals surface area contributed by atoms with Crippen LogP contribution in [0.4, 0.5) is 0 Å². The van der Waals surface area contributed by atoms with E-state index in [0.29, 0.717) is 6.10 Å². The number of benzene rings is 3. The molecule has 1 saturated carbocycles. The van der Waals surface area contributed by atoms with E-state index in [4.69, 9.17) is 4.74 Å². The van der Waals surface area contributed by atoms with Crippen LogP contribution in [0, 0.1) is 0 Å². The molecule has 3 aromatic carbocycles. The molecule has 2 aliphatic rings. The number of hydrogen-bond donors (Lipinski definition) is 1. The molecule has 0 aliphatic heterocycles. The first-order valence-electron chi connectivity index (χ1n) is 10.7. The van der Waals surface area contributed by atoms with Crippen LogP contribution in [0.15, 0.2) is 54.6 Å². The standard InChI is InChI=1S/C26H26O3/c27-26(28)15-21-12-11-20-14-25(29-22-7-3-4-8-22)24(16-23(20)21)19-10-9-17-5-1-2-6-18(17)13-19/h1-2,5-6,9-10,13-14,16,21-22H,3-4,7-8,11-12,15H2,(H,27,28). The Kier molecular flexibility index (Phi) is 4.75. The Balaban J connectivity index is 1.60. The first kappa shape index (κ1) is 18.2. The van der Waals surface area contributed by atoms with E-state index >= 15 is 0 Å². The first-order chi connectivity index (χ1) is 14.2. The van der Waals surface area contributed by atoms with Crippen LogP contribution in [0.1, 0.15) is 55.6 Å². The quantitative estimate of drug-likeness (QED) is 0.557. The molecule has 1 unspecified atom stereocenters. The maximum Gasteiger partial charge on any atom is 0.303 e. The van der Waals surface area contributed by atoms with Crippen molar-refractivity contribution in [1.29, 1.82) is 0 Å². The highest BCUT2D eigenvalue weighted by Crippen LogP contribution is 2.43. The van der Waals surface area contributed by atoms with E-state index in [-0.39, 0.29) is 12.3 Å². The summed E-state index contributed by atoms with van der Waals surface area (Å²) < 4.78 is 6.50. The van der Waals surface area contributed by atoms with E-state index in [9.17, 15) is 9.90 Å². The zero-order valence-electron chi connectivity index (χ0n) is 16.6. The van der Waals surface area contributed by atoms with Gasteiger partial charge in [-0.15, -0.1) is 0 Å². The van der Waals surface area contributed by atoms with Crippen LogP contribution in [-0.2, 0) is 11.2 Å². The molecule has 1 atom stereocenters. The third kappa shape index (κ3) is 3.62. The average Bonchev–Trinajstić information content (AvgIpc) is 3.37. The topological polar surface area (TPSA) is 46.5 Å². The number of rotatable bonds is 5. The summed E-state index contributed by atoms with van der Waals surface area (Å²) >= 11 is 0. The number of carboxylic acid groups (broad SMARTS) is 1. The fourth-order valence-electron chi connectivity index (χ4n) is 5.01. The maximum absolute atomic E-state index is 11.3. The van der Waals surface area contributed by atoms with Gasteiger partial charge in [0.25, 0.3) is 0 Å². The first-order valence-corrected chi connectivity index (χ1v) is 10.7. The van der Waals surface area contributed by atoms with E-state index in [0.717, 1.165) is 42.6 Å². The number of aryl methyl sites for hydroxylation is 1. The highest BCUT2D eigenvalue weighted by Gasteiger charge is 2.28. The minimum Gasteiger partial charge on any atom is -0.490 e. The molecule has 0 bridgehead atoms. The average molecular weight is 386 g/mol. The number of hydrogen-bond acceptors (Lipinski definition) is 2. The lowest BCUT2D eigenvalue weighted by atomic mass is 9.92. The Bertz CT molecular complexity index is 1060. The summed E-state index contributed by atoms with van der Waals surface area (Å²) in [6.07, 6.45) is 7.06. The zero-order valence-corrected chi connectivity index (χ0v) is 16.6. The molecule has 0 spiro atoms. The molecule has 0 radical (unpaired) electrons. The highest BCUT2D eigenvalue weighted by atomic mass is 16.5. The molecule has 3 heteroatoms. The van der Waals surface area contributed by atoms with Crippen molar-refractivity contribution in [3.05, 3.63) is 65.7 Å². The lowest BCUT2D eigenvalue weighted by Crippen LogP contribution is -2.12. The van der Waals surface area contributed by atoms with Crippen molar-refractivity contribution >= 4 is 16.7 Å². The minimum absolute atomic E-state index is 0.0993. The Morgan fingerprint density at radius 3 is 2.55 bits per heavy atom. The van der Waals surface area contributed by atoms with Gasteiger partial charge in [0, 0.05) is 5.56 Å². The van der Waals surface area contributed by atoms with Crippen LogP contribution in [0.25, 0.3) is 21.9 Å². The van der Waals surface area contributed by atoms with E-state index in [1.807, 2.05) is 0 Å². The number of fused-ring (bicyclic) bond motifs is 2. The van der Waals surface area contributed by atoms with Crippen molar-refractivity contribution in [2.45, 2.75) is 57.0 Å². The van der Waals surface area contributed by atoms with Crippen LogP contribution >= 0.6 is 0 Å². The molecule has 3 nitrogen and oxygen atoms in total. The van der Waals surface area contributed by atoms with Gasteiger partial charge < -0.3 is 9.84 Å². The smallest absolute Gasteiger partial charge is 0.303 e. The number of aliphatic carboxylic acids is 1. The predicted octanol–water partition coefficient (Wildman–Crippen LogP) is 6.33. The lowest BCUT2D eigenvalue weighted by Gasteiger charge is -2.20. The Morgan fingerprint density at radius 2 is 1.76 bits per heavy atom. The van der Waals surface area contributed by atoms with Crippen molar-refractivity contribution in [3.8, 4) is 16.9 Å². The summed E-state index contributed by atoms with van der Waals surface area (Å²) in [7, 11) is 0. The highest BCUT2D eigenvalue weighted by molar-refractivity contribution is 5.88. The molecule has 0 heterocycles. The summed E-state index contributed by atoms with van der Waals surface area (Å²) in [5.74, 6) is 0.338. The molecule has 0 amide bonds. The lowest BCUT2D eigenvalue weighted by molar-refractivity contribution is -0.137. The number of ether oxygens (including phenoxy) is 1. The zero-order chi connectivity index (χ0) is 19.8. The SMILES string of the molecule is O=C(O)CC1CCc2cc(OC3CCCC3)c(-c3ccc4ccccc4c3)cc21. The van der Waals surface area contributed by atoms with Crippen LogP contribution < -0.4 is 4.74 Å². The van der Waals surface area contributed by atoms with Crippen molar-refractivity contribution in [3.63, 3.8) is 0 Å². The van der Waals surface area contributed by atoms with Crippen molar-refractivity contribution < 1.29 is 14.6 Å². The Labute approximate surface area is 171 Å². The summed E-state index contributed by atoms with van der Waals surface area (Å²) in [5.41, 5.74) is 4.68. The van der Waals surface area contributed by atoms with Gasteiger partial charge >= 0.3 is 5.97 Å². The van der Waals surface area contributed by atoms with Gasteiger partial charge in [0.1, 0.15) is 5.75 Å². The van der Waals surface area contributed by atoms with Gasteiger partial charge in [-0.05, 0) is 90.1 Å². The molecule has 1 fully saturated rings. The molecule has 3 aromatic rings. The minimum atomic E-state index is -0.721. The van der Waals surface area contributed by atoms with Gasteiger partial charge in [-0.25, -0.2) is 0 Å². The fourth-order valence-corrected chi connectivity index (χ4v) is 5.01. The summed E-state index contributed by atoms with van der Waals surface area (Å²) in [5, 5.41) is 11.8. The largest absolute Gasteiger partial charge is 0.490 e. The van der Waals surface area contributed by atoms with Gasteiger partial charge in [-0.1, -0.05) is 36.4 Å². The normalized spacial score (nSPS) is 18.8. The third-order valence-electron chi connectivity index (χ3n) is 6.52. The maximum atomic E-state index is 11.3. The molecule has 5 rings (SSSR count). The van der Waals surface area contributed by atoms with Gasteiger partial charge in [0.2, 0.25) is 0 Å². The number of carbonyl (C=O) groups is 1. The predicted molar refractivity (Wildman–Crippen MR) is 116 cm³/mol. The van der Waals surface area contributed by atoms with Crippen LogP contribution in [-0.4, -0.2) is 17.2 Å². The molecule has 148 valence electrons. The van der Waals surface area contributed by atoms with E-state index in [2.05, 4.69) is 54.6 Å². The van der Waals surface area contributed by atoms with Crippen LogP contribution in [0.2, 0.25) is 0 Å². The monoisotopic (exact) mass is 386 g/mol. The summed E-state index contributed by atoms with van der Waals surface area (Å²) in [6.45, 7) is 0. The van der Waals surface area contributed by atoms with Gasteiger partial charge in [-0.3, -0.25) is 4.79 Å². The molecule has 1 N–H and O–H groups in total. The van der Waals surface area contributed by atoms with Gasteiger partial charge in [0.15, 0.2) is 0 Å². The second-order valence-electron chi connectivity index (χ2n) is 8.47. The molecule has 29 heavy (non-hydrogen) atoms. The van der Waals surface area contributed by atoms with Gasteiger partial charge in [-0.2, -0.15) is 0 Å². The van der Waals surface area contributed by atoms with E-state index in [1.54, 1.807) is 0 Å². The van der Waals surface area contributed by atoms with Crippen LogP contribution in [0.3, 0.4) is 0 Å². The summed E-state index contributed by atoms with van der Waals surface area (Å²) in [6, 6.07) is 19.3. The molecular formula is C26H26O3. The molecular weight excluding hydrogens is 360 g/mol. The number of carboxylic acids is 1. The third-order valence-corrected chi connectivity index (χ3v) is 6.52. The van der Waals surface area contributed by atoms with E-state index < -0.39 is 5.97 Å².